The molecule has 1 unspecified atom stereocenters. The van der Waals surface area contributed by atoms with Crippen molar-refractivity contribution in [2.45, 2.75) is 25.3 Å². The second kappa shape index (κ2) is 11.2. The Labute approximate surface area is 193 Å². The zero-order chi connectivity index (χ0) is 20.2. The Morgan fingerprint density at radius 3 is 2.55 bits per heavy atom. The number of benzene rings is 1. The average Bonchev–Trinajstić information content (AvgIpc) is 3.10. The smallest absolute Gasteiger partial charge is 0.350 e. The first-order valence-electron chi connectivity index (χ1n) is 9.74. The number of para-hydroxylation sites is 1. The molecule has 1 atom stereocenters. The van der Waals surface area contributed by atoms with Crippen LogP contribution >= 0.6 is 24.8 Å². The molecule has 4 rings (SSSR count). The maximum absolute atomic E-state index is 13.3. The molecule has 1 aliphatic rings. The number of methoxy groups -OCH3 is 2. The van der Waals surface area contributed by atoms with Crippen LogP contribution < -0.4 is 20.5 Å². The van der Waals surface area contributed by atoms with E-state index in [9.17, 15) is 4.79 Å². The van der Waals surface area contributed by atoms with Gasteiger partial charge in [0.1, 0.15) is 11.5 Å². The normalized spacial score (nSPS) is 15.5. The van der Waals surface area contributed by atoms with Crippen LogP contribution in [0.25, 0.3) is 5.69 Å². The van der Waals surface area contributed by atoms with E-state index in [0.717, 1.165) is 37.4 Å². The lowest BCUT2D eigenvalue weighted by molar-refractivity contribution is 0.347. The van der Waals surface area contributed by atoms with Crippen molar-refractivity contribution in [3.05, 3.63) is 64.6 Å². The molecule has 8 nitrogen and oxygen atoms in total. The van der Waals surface area contributed by atoms with Crippen LogP contribution in [0.15, 0.2) is 47.4 Å². The van der Waals surface area contributed by atoms with Crippen molar-refractivity contribution < 1.29 is 9.47 Å². The first-order chi connectivity index (χ1) is 14.2. The molecule has 0 saturated carbocycles. The van der Waals surface area contributed by atoms with E-state index in [1.165, 1.54) is 4.68 Å². The Morgan fingerprint density at radius 2 is 1.90 bits per heavy atom. The molecule has 1 saturated heterocycles. The van der Waals surface area contributed by atoms with Crippen LogP contribution in [0.3, 0.4) is 0 Å². The third-order valence-corrected chi connectivity index (χ3v) is 5.21. The quantitative estimate of drug-likeness (QED) is 0.599. The monoisotopic (exact) mass is 467 g/mol. The molecule has 168 valence electrons. The summed E-state index contributed by atoms with van der Waals surface area (Å²) in [7, 11) is 3.14. The molecule has 3 aromatic rings. The Balaban J connectivity index is 0.00000171. The molecule has 3 heterocycles. The molecule has 10 heteroatoms. The molecule has 0 bridgehead atoms. The molecule has 0 radical (unpaired) electrons. The number of rotatable bonds is 6. The van der Waals surface area contributed by atoms with Gasteiger partial charge < -0.3 is 14.8 Å². The predicted octanol–water partition coefficient (Wildman–Crippen LogP) is 2.81. The molecule has 0 spiro atoms. The van der Waals surface area contributed by atoms with Crippen LogP contribution in [0.2, 0.25) is 0 Å². The fourth-order valence-electron chi connectivity index (χ4n) is 3.79. The summed E-state index contributed by atoms with van der Waals surface area (Å²) >= 11 is 0. The van der Waals surface area contributed by atoms with Gasteiger partial charge in [0.05, 0.1) is 26.5 Å². The van der Waals surface area contributed by atoms with Gasteiger partial charge in [-0.25, -0.2) is 14.0 Å². The first kappa shape index (κ1) is 24.7. The van der Waals surface area contributed by atoms with Crippen molar-refractivity contribution >= 4 is 24.8 Å². The van der Waals surface area contributed by atoms with E-state index >= 15 is 0 Å². The molecule has 1 aromatic carbocycles. The number of piperidine rings is 1. The Kier molecular flexibility index (Phi) is 8.91. The van der Waals surface area contributed by atoms with Gasteiger partial charge in [-0.15, -0.1) is 24.8 Å². The van der Waals surface area contributed by atoms with Gasteiger partial charge >= 0.3 is 5.69 Å². The fraction of sp³-hybridized carbons (Fsp3) is 0.381. The van der Waals surface area contributed by atoms with Gasteiger partial charge in [-0.2, -0.15) is 5.10 Å². The number of aromatic nitrogens is 4. The van der Waals surface area contributed by atoms with Crippen molar-refractivity contribution in [1.82, 2.24) is 24.6 Å². The summed E-state index contributed by atoms with van der Waals surface area (Å²) in [4.78, 5) is 17.7. The van der Waals surface area contributed by atoms with Gasteiger partial charge in [0.15, 0.2) is 11.5 Å². The summed E-state index contributed by atoms with van der Waals surface area (Å²) in [6.07, 6.45) is 3.70. The minimum atomic E-state index is -0.191. The minimum absolute atomic E-state index is 0. The van der Waals surface area contributed by atoms with Gasteiger partial charge in [0, 0.05) is 24.7 Å². The molecule has 1 fully saturated rings. The third kappa shape index (κ3) is 5.03. The van der Waals surface area contributed by atoms with Crippen molar-refractivity contribution in [2.75, 3.05) is 27.3 Å². The number of pyridine rings is 1. The first-order valence-corrected chi connectivity index (χ1v) is 9.74. The number of ether oxygens (including phenoxy) is 2. The highest BCUT2D eigenvalue weighted by atomic mass is 35.5. The molecule has 31 heavy (non-hydrogen) atoms. The number of nitrogens with one attached hydrogen (secondary N) is 1. The molecule has 1 N–H and O–H groups in total. The van der Waals surface area contributed by atoms with Crippen LogP contribution in [-0.4, -0.2) is 46.6 Å². The highest BCUT2D eigenvalue weighted by Crippen LogP contribution is 2.29. The van der Waals surface area contributed by atoms with Crippen LogP contribution in [0.4, 0.5) is 0 Å². The van der Waals surface area contributed by atoms with Crippen molar-refractivity contribution in [1.29, 1.82) is 0 Å². The standard InChI is InChI=1S/C21H25N5O3.2ClH/c1-28-18-10-12-23-17(19(18)29-2)14-25-21(27)26(16-8-4-3-5-9-16)20(24-25)15-7-6-11-22-13-15;;/h3-5,8-10,12,15,22H,6-7,11,13-14H2,1-2H3;2*1H. The summed E-state index contributed by atoms with van der Waals surface area (Å²) in [5.41, 5.74) is 1.22. The summed E-state index contributed by atoms with van der Waals surface area (Å²) < 4.78 is 14.0. The van der Waals surface area contributed by atoms with E-state index < -0.39 is 0 Å². The van der Waals surface area contributed by atoms with E-state index in [-0.39, 0.29) is 43.0 Å². The number of hydrogen-bond acceptors (Lipinski definition) is 6. The summed E-state index contributed by atoms with van der Waals surface area (Å²) in [5, 5.41) is 8.14. The van der Waals surface area contributed by atoms with E-state index in [1.807, 2.05) is 30.3 Å². The van der Waals surface area contributed by atoms with Gasteiger partial charge in [-0.1, -0.05) is 18.2 Å². The lowest BCUT2D eigenvalue weighted by atomic mass is 9.99. The summed E-state index contributed by atoms with van der Waals surface area (Å²) in [6.45, 7) is 2.01. The maximum atomic E-state index is 13.3. The molecular formula is C21H27Cl2N5O3. The Morgan fingerprint density at radius 1 is 1.13 bits per heavy atom. The van der Waals surface area contributed by atoms with E-state index in [0.29, 0.717) is 17.2 Å². The van der Waals surface area contributed by atoms with Gasteiger partial charge in [0.2, 0.25) is 0 Å². The molecular weight excluding hydrogens is 441 g/mol. The fourth-order valence-corrected chi connectivity index (χ4v) is 3.79. The average molecular weight is 468 g/mol. The topological polar surface area (TPSA) is 83.2 Å². The number of hydrogen-bond donors (Lipinski definition) is 1. The zero-order valence-electron chi connectivity index (χ0n) is 17.5. The third-order valence-electron chi connectivity index (χ3n) is 5.21. The van der Waals surface area contributed by atoms with Gasteiger partial charge in [-0.3, -0.25) is 4.98 Å². The number of halogens is 2. The van der Waals surface area contributed by atoms with Crippen molar-refractivity contribution in [2.24, 2.45) is 0 Å². The van der Waals surface area contributed by atoms with Gasteiger partial charge in [-0.05, 0) is 31.5 Å². The Hall–Kier alpha value is -2.55. The van der Waals surface area contributed by atoms with E-state index in [4.69, 9.17) is 14.6 Å². The second-order valence-corrected chi connectivity index (χ2v) is 7.01. The minimum Gasteiger partial charge on any atom is -0.493 e. The van der Waals surface area contributed by atoms with Crippen LogP contribution in [0.1, 0.15) is 30.3 Å². The maximum Gasteiger partial charge on any atom is 0.350 e. The van der Waals surface area contributed by atoms with Crippen LogP contribution in [0, 0.1) is 0 Å². The molecule has 2 aromatic heterocycles. The van der Waals surface area contributed by atoms with Crippen LogP contribution in [0.5, 0.6) is 11.5 Å². The number of nitrogens with zero attached hydrogens (tertiary/aromatic N) is 4. The molecule has 1 aliphatic heterocycles. The molecule has 0 aliphatic carbocycles. The largest absolute Gasteiger partial charge is 0.493 e. The summed E-state index contributed by atoms with van der Waals surface area (Å²) in [6, 6.07) is 11.4. The van der Waals surface area contributed by atoms with E-state index in [2.05, 4.69) is 10.3 Å². The van der Waals surface area contributed by atoms with Gasteiger partial charge in [0.25, 0.3) is 0 Å². The SMILES string of the molecule is COc1ccnc(Cn2nc(C3CCCNC3)n(-c3ccccc3)c2=O)c1OC.Cl.Cl. The lowest BCUT2D eigenvalue weighted by Gasteiger charge is -2.22. The highest BCUT2D eigenvalue weighted by molar-refractivity contribution is 5.85. The van der Waals surface area contributed by atoms with E-state index in [1.54, 1.807) is 31.0 Å². The van der Waals surface area contributed by atoms with Crippen molar-refractivity contribution in [3.63, 3.8) is 0 Å². The predicted molar refractivity (Wildman–Crippen MR) is 124 cm³/mol. The zero-order valence-corrected chi connectivity index (χ0v) is 19.1. The summed E-state index contributed by atoms with van der Waals surface area (Å²) in [5.74, 6) is 2.04. The molecule has 0 amide bonds. The van der Waals surface area contributed by atoms with Crippen LogP contribution in [-0.2, 0) is 6.54 Å². The second-order valence-electron chi connectivity index (χ2n) is 7.01. The highest BCUT2D eigenvalue weighted by Gasteiger charge is 2.25. The lowest BCUT2D eigenvalue weighted by Crippen LogP contribution is -2.31. The van der Waals surface area contributed by atoms with Crippen molar-refractivity contribution in [3.8, 4) is 17.2 Å². The Bertz CT molecular complexity index is 1030.